The van der Waals surface area contributed by atoms with Gasteiger partial charge in [0.1, 0.15) is 11.6 Å². The second-order valence-electron chi connectivity index (χ2n) is 12.2. The van der Waals surface area contributed by atoms with E-state index in [9.17, 15) is 14.3 Å². The van der Waals surface area contributed by atoms with Crippen molar-refractivity contribution in [3.63, 3.8) is 0 Å². The SMILES string of the molecule is CCC(C)(CC)C(=O)/C=C(\O)C(C)(CC)CC.[2H]C([2H])([2H])c1[c-]c(-c2ncc(C(C)C)c3cc(F)c4ccccc4c23)cc(C([2H])([2H])[2H])c1.[Ir]. The number of nitrogens with zero attached hydrogens (tertiary/aromatic N) is 1. The molecule has 1 N–H and O–H groups in total. The molecule has 4 rings (SSSR count). The minimum Gasteiger partial charge on any atom is -0.512 e. The van der Waals surface area contributed by atoms with Crippen LogP contribution < -0.4 is 0 Å². The Hall–Kier alpha value is -2.88. The fraction of sp³-hybridized carbons (Fsp3) is 0.436. The van der Waals surface area contributed by atoms with Crippen molar-refractivity contribution < 1.29 is 42.6 Å². The van der Waals surface area contributed by atoms with Crippen molar-refractivity contribution in [1.29, 1.82) is 0 Å². The van der Waals surface area contributed by atoms with Crippen LogP contribution in [0.2, 0.25) is 0 Å². The van der Waals surface area contributed by atoms with Crippen LogP contribution in [0.5, 0.6) is 0 Å². The summed E-state index contributed by atoms with van der Waals surface area (Å²) in [4.78, 5) is 16.8. The summed E-state index contributed by atoms with van der Waals surface area (Å²) in [6, 6.07) is 13.9. The summed E-state index contributed by atoms with van der Waals surface area (Å²) < 4.78 is 61.8. The largest absolute Gasteiger partial charge is 0.512 e. The van der Waals surface area contributed by atoms with Gasteiger partial charge < -0.3 is 10.1 Å². The van der Waals surface area contributed by atoms with Crippen LogP contribution in [0, 0.1) is 36.4 Å². The molecule has 0 aliphatic heterocycles. The number of carbonyl (C=O) groups is 1. The molecule has 0 aliphatic rings. The number of pyridine rings is 1. The Morgan fingerprint density at radius 1 is 0.977 bits per heavy atom. The number of aromatic nitrogens is 1. The summed E-state index contributed by atoms with van der Waals surface area (Å²) in [6.07, 6.45) is 6.39. The van der Waals surface area contributed by atoms with Crippen LogP contribution in [0.1, 0.15) is 112 Å². The average molecular weight is 781 g/mol. The molecule has 0 fully saturated rings. The third-order valence-corrected chi connectivity index (χ3v) is 9.22. The van der Waals surface area contributed by atoms with Gasteiger partial charge >= 0.3 is 0 Å². The first-order valence-electron chi connectivity index (χ1n) is 18.2. The predicted octanol–water partition coefficient (Wildman–Crippen LogP) is 11.4. The molecule has 0 spiro atoms. The molecule has 1 radical (unpaired) electrons. The van der Waals surface area contributed by atoms with E-state index in [-0.39, 0.29) is 70.9 Å². The number of benzene rings is 3. The summed E-state index contributed by atoms with van der Waals surface area (Å²) in [7, 11) is 0. The number of hydrogen-bond donors (Lipinski definition) is 1. The van der Waals surface area contributed by atoms with E-state index in [2.05, 4.69) is 11.1 Å². The van der Waals surface area contributed by atoms with E-state index in [1.165, 1.54) is 18.2 Å². The van der Waals surface area contributed by atoms with Crippen LogP contribution in [0.4, 0.5) is 4.39 Å². The molecular formula is C39H49FIrNO2-. The van der Waals surface area contributed by atoms with Crippen LogP contribution in [-0.2, 0) is 24.9 Å². The molecule has 4 aromatic rings. The minimum atomic E-state index is -2.54. The van der Waals surface area contributed by atoms with E-state index in [1.54, 1.807) is 30.5 Å². The molecule has 0 bridgehead atoms. The Labute approximate surface area is 286 Å². The monoisotopic (exact) mass is 781 g/mol. The van der Waals surface area contributed by atoms with Crippen LogP contribution in [0.15, 0.2) is 60.5 Å². The van der Waals surface area contributed by atoms with E-state index in [0.717, 1.165) is 37.3 Å². The Balaban J connectivity index is 0.000000413. The number of ketones is 1. The minimum absolute atomic E-state index is 0. The number of hydrogen-bond acceptors (Lipinski definition) is 3. The normalized spacial score (nSPS) is 14.8. The van der Waals surface area contributed by atoms with Crippen molar-refractivity contribution in [3.8, 4) is 11.3 Å². The molecule has 0 amide bonds. The molecule has 0 saturated heterocycles. The number of aryl methyl sites for hydroxylation is 2. The fourth-order valence-electron chi connectivity index (χ4n) is 5.13. The molecule has 0 atom stereocenters. The molecule has 239 valence electrons. The second-order valence-corrected chi connectivity index (χ2v) is 12.2. The van der Waals surface area contributed by atoms with E-state index in [1.807, 2.05) is 55.4 Å². The first-order chi connectivity index (χ1) is 22.7. The van der Waals surface area contributed by atoms with Crippen molar-refractivity contribution in [2.45, 2.75) is 101 Å². The molecule has 0 unspecified atom stereocenters. The van der Waals surface area contributed by atoms with Gasteiger partial charge in [-0.25, -0.2) is 4.39 Å². The number of halogens is 1. The molecule has 3 aromatic carbocycles. The van der Waals surface area contributed by atoms with E-state index in [0.29, 0.717) is 27.2 Å². The van der Waals surface area contributed by atoms with E-state index < -0.39 is 13.7 Å². The van der Waals surface area contributed by atoms with Gasteiger partial charge in [0.2, 0.25) is 0 Å². The Morgan fingerprint density at radius 3 is 2.14 bits per heavy atom. The van der Waals surface area contributed by atoms with Crippen LogP contribution in [0.3, 0.4) is 0 Å². The van der Waals surface area contributed by atoms with Gasteiger partial charge in [0.05, 0.1) is 0 Å². The molecular weight excluding hydrogens is 726 g/mol. The zero-order valence-corrected chi connectivity index (χ0v) is 29.5. The van der Waals surface area contributed by atoms with Crippen LogP contribution in [-0.4, -0.2) is 15.9 Å². The maximum atomic E-state index is 15.0. The molecule has 1 heterocycles. The van der Waals surface area contributed by atoms with Gasteiger partial charge in [-0.2, -0.15) is 0 Å². The van der Waals surface area contributed by atoms with E-state index >= 15 is 0 Å². The number of aliphatic hydroxyl groups excluding tert-OH is 1. The summed E-state index contributed by atoms with van der Waals surface area (Å²) in [5.41, 5.74) is 0.562. The van der Waals surface area contributed by atoms with E-state index in [4.69, 9.17) is 8.22 Å². The molecule has 3 nitrogen and oxygen atoms in total. The van der Waals surface area contributed by atoms with Crippen molar-refractivity contribution in [2.24, 2.45) is 10.8 Å². The van der Waals surface area contributed by atoms with Gasteiger partial charge in [-0.05, 0) is 65.1 Å². The molecule has 0 saturated carbocycles. The molecule has 0 aliphatic carbocycles. The average Bonchev–Trinajstić information content (AvgIpc) is 3.06. The molecule has 1 aromatic heterocycles. The van der Waals surface area contributed by atoms with Crippen molar-refractivity contribution in [2.75, 3.05) is 0 Å². The zero-order valence-electron chi connectivity index (χ0n) is 33.1. The number of rotatable bonds is 9. The standard InChI is InChI=1S/C24H21FN.C15H28O2.Ir/c1-14(2)21-13-26-24(17-10-15(3)9-16(4)11-17)23-19-8-6-5-7-18(19)22(25)12-20(21)23;1-7-14(5,8-2)12(16)11-13(17)15(6,9-3)10-4;/h5-10,12-14H,1-4H3;11,16H,7-10H2,1-6H3;/q-1;;/b;12-11-;/i3D3,4D3;;. The third-order valence-electron chi connectivity index (χ3n) is 9.22. The van der Waals surface area contributed by atoms with Crippen LogP contribution >= 0.6 is 0 Å². The van der Waals surface area contributed by atoms with Gasteiger partial charge in [-0.15, -0.1) is 34.9 Å². The Kier molecular flexibility index (Phi) is 10.0. The van der Waals surface area contributed by atoms with Gasteiger partial charge in [0, 0.05) is 56.8 Å². The van der Waals surface area contributed by atoms with Gasteiger partial charge in [-0.1, -0.05) is 93.4 Å². The van der Waals surface area contributed by atoms with Gasteiger partial charge in [-0.3, -0.25) is 4.79 Å². The quantitative estimate of drug-likeness (QED) is 0.0796. The smallest absolute Gasteiger partial charge is 0.164 e. The van der Waals surface area contributed by atoms with Gasteiger partial charge in [0.15, 0.2) is 5.78 Å². The van der Waals surface area contributed by atoms with Crippen molar-refractivity contribution in [1.82, 2.24) is 4.98 Å². The maximum Gasteiger partial charge on any atom is 0.164 e. The van der Waals surface area contributed by atoms with Crippen molar-refractivity contribution >= 4 is 27.3 Å². The Bertz CT molecular complexity index is 1810. The summed E-state index contributed by atoms with van der Waals surface area (Å²) in [5.74, 6) is -0.0143. The van der Waals surface area contributed by atoms with Crippen LogP contribution in [0.25, 0.3) is 32.8 Å². The summed E-state index contributed by atoms with van der Waals surface area (Å²) in [5, 5.41) is 12.5. The molecule has 5 heteroatoms. The number of aliphatic hydroxyl groups is 1. The van der Waals surface area contributed by atoms with Crippen molar-refractivity contribution in [3.05, 3.63) is 89.1 Å². The second kappa shape index (κ2) is 15.4. The number of allylic oxidation sites excluding steroid dienone is 2. The summed E-state index contributed by atoms with van der Waals surface area (Å²) in [6.45, 7) is 11.0. The predicted molar refractivity (Wildman–Crippen MR) is 180 cm³/mol. The summed E-state index contributed by atoms with van der Waals surface area (Å²) >= 11 is 0. The number of fused-ring (bicyclic) bond motifs is 3. The number of carbonyl (C=O) groups excluding carboxylic acids is 1. The first kappa shape index (κ1) is 28.6. The zero-order chi connectivity index (χ0) is 37.1. The first-order valence-corrected chi connectivity index (χ1v) is 15.2. The fourth-order valence-corrected chi connectivity index (χ4v) is 5.13. The van der Waals surface area contributed by atoms with Gasteiger partial charge in [0.25, 0.3) is 0 Å². The molecule has 44 heavy (non-hydrogen) atoms. The topological polar surface area (TPSA) is 50.2 Å². The maximum absolute atomic E-state index is 15.0. The Morgan fingerprint density at radius 2 is 1.59 bits per heavy atom. The third kappa shape index (κ3) is 7.85.